The van der Waals surface area contributed by atoms with E-state index in [1.807, 2.05) is 63.2 Å². The van der Waals surface area contributed by atoms with Gasteiger partial charge in [0.1, 0.15) is 6.10 Å². The van der Waals surface area contributed by atoms with Crippen molar-refractivity contribution in [2.75, 3.05) is 37.4 Å². The molecular formula is C31H39N5O5. The maximum absolute atomic E-state index is 13.6. The number of likely N-dealkylation sites (N-methyl/N-ethyl adjacent to an activating group) is 1. The van der Waals surface area contributed by atoms with Gasteiger partial charge in [0.05, 0.1) is 36.1 Å². The molecule has 4 N–H and O–H groups in total. The Morgan fingerprint density at radius 1 is 1.02 bits per heavy atom. The van der Waals surface area contributed by atoms with Crippen molar-refractivity contribution in [2.45, 2.75) is 45.9 Å². The quantitative estimate of drug-likeness (QED) is 0.331. The molecule has 0 spiro atoms. The lowest BCUT2D eigenvalue weighted by atomic mass is 9.99. The van der Waals surface area contributed by atoms with Crippen LogP contribution < -0.4 is 20.7 Å². The van der Waals surface area contributed by atoms with Gasteiger partial charge in [-0.3, -0.25) is 4.79 Å². The Hall–Kier alpha value is -4.31. The molecule has 10 nitrogen and oxygen atoms in total. The molecule has 1 heterocycles. The fraction of sp³-hybridized carbons (Fsp3) is 0.387. The van der Waals surface area contributed by atoms with Gasteiger partial charge >= 0.3 is 12.1 Å². The highest BCUT2D eigenvalue weighted by molar-refractivity contribution is 6.02. The van der Waals surface area contributed by atoms with Crippen LogP contribution in [-0.4, -0.2) is 77.8 Å². The lowest BCUT2D eigenvalue weighted by molar-refractivity contribution is 0.0373. The minimum Gasteiger partial charge on any atom is -0.485 e. The van der Waals surface area contributed by atoms with E-state index in [4.69, 9.17) is 4.74 Å². The normalized spacial score (nSPS) is 17.6. The Bertz CT molecular complexity index is 1410. The van der Waals surface area contributed by atoms with Crippen LogP contribution in [0, 0.1) is 5.92 Å². The number of fused-ring (bicyclic) bond motifs is 2. The van der Waals surface area contributed by atoms with Crippen molar-refractivity contribution in [1.82, 2.24) is 15.1 Å². The van der Waals surface area contributed by atoms with Crippen LogP contribution >= 0.6 is 0 Å². The standard InChI is InChI=1S/C31H39N5O5/c1-19(2)32-30(39)33-26-15-9-13-24-28(26)41-27(20(3)16-36(29(24)38)21(4)18-37)17-35(5)31(40)34-25-14-8-11-22-10-6-7-12-23(22)25/h6-15,19-21,27,37H,16-18H2,1-5H3,(H,34,40)(H2,32,33,39)/t20-,21+,27-/m1/s1. The highest BCUT2D eigenvalue weighted by Crippen LogP contribution is 2.35. The number of carbonyl (C=O) groups is 3. The van der Waals surface area contributed by atoms with E-state index >= 15 is 0 Å². The second kappa shape index (κ2) is 12.9. The molecule has 1 aliphatic heterocycles. The third-order valence-electron chi connectivity index (χ3n) is 7.19. The van der Waals surface area contributed by atoms with Gasteiger partial charge in [-0.05, 0) is 44.4 Å². The van der Waals surface area contributed by atoms with Gasteiger partial charge in [0.2, 0.25) is 0 Å². The van der Waals surface area contributed by atoms with Gasteiger partial charge < -0.3 is 35.6 Å². The molecule has 5 amide bonds. The fourth-order valence-corrected chi connectivity index (χ4v) is 4.88. The number of carbonyl (C=O) groups excluding carboxylic acids is 3. The Morgan fingerprint density at radius 3 is 2.44 bits per heavy atom. The van der Waals surface area contributed by atoms with E-state index in [0.717, 1.165) is 10.8 Å². The highest BCUT2D eigenvalue weighted by Gasteiger charge is 2.35. The number of amides is 5. The van der Waals surface area contributed by atoms with E-state index in [9.17, 15) is 19.5 Å². The number of hydrogen-bond acceptors (Lipinski definition) is 5. The molecule has 0 saturated carbocycles. The van der Waals surface area contributed by atoms with E-state index in [-0.39, 0.29) is 48.4 Å². The van der Waals surface area contributed by atoms with Gasteiger partial charge in [0.15, 0.2) is 5.75 Å². The number of rotatable bonds is 7. The topological polar surface area (TPSA) is 123 Å². The van der Waals surface area contributed by atoms with Crippen molar-refractivity contribution in [1.29, 1.82) is 0 Å². The van der Waals surface area contributed by atoms with Crippen molar-refractivity contribution in [3.05, 3.63) is 66.2 Å². The lowest BCUT2D eigenvalue weighted by Gasteiger charge is -2.38. The number of hydrogen-bond donors (Lipinski definition) is 4. The summed E-state index contributed by atoms with van der Waals surface area (Å²) in [5.41, 5.74) is 1.31. The van der Waals surface area contributed by atoms with Crippen LogP contribution in [0.25, 0.3) is 10.8 Å². The molecule has 0 fully saturated rings. The molecule has 41 heavy (non-hydrogen) atoms. The molecule has 3 aromatic carbocycles. The number of nitrogens with one attached hydrogen (secondary N) is 3. The van der Waals surface area contributed by atoms with Gasteiger partial charge in [-0.25, -0.2) is 9.59 Å². The average molecular weight is 562 g/mol. The molecule has 0 saturated heterocycles. The van der Waals surface area contributed by atoms with E-state index < -0.39 is 18.2 Å². The summed E-state index contributed by atoms with van der Waals surface area (Å²) in [5.74, 6) is -0.292. The fourth-order valence-electron chi connectivity index (χ4n) is 4.88. The van der Waals surface area contributed by atoms with Gasteiger partial charge in [0, 0.05) is 30.9 Å². The first kappa shape index (κ1) is 29.7. The number of urea groups is 2. The molecule has 4 rings (SSSR count). The van der Waals surface area contributed by atoms with Crippen molar-refractivity contribution in [3.8, 4) is 5.75 Å². The number of anilines is 2. The first-order chi connectivity index (χ1) is 19.6. The monoisotopic (exact) mass is 561 g/mol. The molecular weight excluding hydrogens is 522 g/mol. The maximum atomic E-state index is 13.6. The van der Waals surface area contributed by atoms with Crippen LogP contribution in [0.5, 0.6) is 5.75 Å². The van der Waals surface area contributed by atoms with Crippen LogP contribution in [0.2, 0.25) is 0 Å². The molecule has 0 unspecified atom stereocenters. The van der Waals surface area contributed by atoms with Gasteiger partial charge in [-0.1, -0.05) is 49.4 Å². The molecule has 3 aromatic rings. The number of nitrogens with zero attached hydrogens (tertiary/aromatic N) is 2. The number of aliphatic hydroxyl groups excluding tert-OH is 1. The summed E-state index contributed by atoms with van der Waals surface area (Å²) in [4.78, 5) is 42.7. The third-order valence-corrected chi connectivity index (χ3v) is 7.19. The maximum Gasteiger partial charge on any atom is 0.321 e. The van der Waals surface area contributed by atoms with Gasteiger partial charge in [0.25, 0.3) is 5.91 Å². The summed E-state index contributed by atoms with van der Waals surface area (Å²) >= 11 is 0. The van der Waals surface area contributed by atoms with Gasteiger partial charge in [-0.2, -0.15) is 0 Å². The Labute approximate surface area is 240 Å². The predicted molar refractivity (Wildman–Crippen MR) is 160 cm³/mol. The van der Waals surface area contributed by atoms with Crippen LogP contribution in [0.1, 0.15) is 38.1 Å². The zero-order valence-electron chi connectivity index (χ0n) is 24.2. The number of benzene rings is 3. The molecule has 1 aliphatic rings. The summed E-state index contributed by atoms with van der Waals surface area (Å²) in [5, 5.41) is 20.4. The first-order valence-corrected chi connectivity index (χ1v) is 13.9. The summed E-state index contributed by atoms with van der Waals surface area (Å²) in [7, 11) is 1.69. The van der Waals surface area contributed by atoms with E-state index in [1.165, 1.54) is 0 Å². The number of aliphatic hydroxyl groups is 1. The second-order valence-electron chi connectivity index (χ2n) is 10.9. The minimum absolute atomic E-state index is 0.0920. The Kier molecular flexibility index (Phi) is 9.34. The molecule has 218 valence electrons. The van der Waals surface area contributed by atoms with Crippen LogP contribution in [0.3, 0.4) is 0 Å². The number of para-hydroxylation sites is 1. The van der Waals surface area contributed by atoms with Crippen LogP contribution in [0.4, 0.5) is 21.0 Å². The van der Waals surface area contributed by atoms with Crippen molar-refractivity contribution in [3.63, 3.8) is 0 Å². The summed E-state index contributed by atoms with van der Waals surface area (Å²) in [6.45, 7) is 7.73. The summed E-state index contributed by atoms with van der Waals surface area (Å²) < 4.78 is 6.49. The summed E-state index contributed by atoms with van der Waals surface area (Å²) in [6, 6.07) is 17.3. The van der Waals surface area contributed by atoms with Gasteiger partial charge in [-0.15, -0.1) is 0 Å². The van der Waals surface area contributed by atoms with Crippen molar-refractivity contribution < 1.29 is 24.2 Å². The molecule has 3 atom stereocenters. The molecule has 0 aromatic heterocycles. The lowest BCUT2D eigenvalue weighted by Crippen LogP contribution is -2.50. The van der Waals surface area contributed by atoms with Crippen molar-refractivity contribution >= 4 is 40.1 Å². The van der Waals surface area contributed by atoms with E-state index in [0.29, 0.717) is 17.9 Å². The molecule has 0 radical (unpaired) electrons. The zero-order chi connectivity index (χ0) is 29.7. The molecule has 0 bridgehead atoms. The van der Waals surface area contributed by atoms with E-state index in [2.05, 4.69) is 16.0 Å². The predicted octanol–water partition coefficient (Wildman–Crippen LogP) is 4.75. The average Bonchev–Trinajstić information content (AvgIpc) is 2.94. The van der Waals surface area contributed by atoms with Crippen LogP contribution in [-0.2, 0) is 0 Å². The molecule has 10 heteroatoms. The SMILES string of the molecule is CC(C)NC(=O)Nc1cccc2c1O[C@H](CN(C)C(=O)Nc1cccc3ccccc13)[C@H](C)CN([C@@H](C)CO)C2=O. The highest BCUT2D eigenvalue weighted by atomic mass is 16.5. The van der Waals surface area contributed by atoms with E-state index in [1.54, 1.807) is 42.0 Å². The third kappa shape index (κ3) is 6.89. The smallest absolute Gasteiger partial charge is 0.321 e. The van der Waals surface area contributed by atoms with Crippen LogP contribution in [0.15, 0.2) is 60.7 Å². The zero-order valence-corrected chi connectivity index (χ0v) is 24.2. The molecule has 0 aliphatic carbocycles. The Morgan fingerprint density at radius 2 is 1.71 bits per heavy atom. The second-order valence-corrected chi connectivity index (χ2v) is 10.9. The van der Waals surface area contributed by atoms with Crippen molar-refractivity contribution in [2.24, 2.45) is 5.92 Å². The first-order valence-electron chi connectivity index (χ1n) is 13.9. The minimum atomic E-state index is -0.533. The Balaban J connectivity index is 1.63. The summed E-state index contributed by atoms with van der Waals surface area (Å²) in [6.07, 6.45) is -0.533. The number of ether oxygens (including phenoxy) is 1. The largest absolute Gasteiger partial charge is 0.485 e.